The lowest BCUT2D eigenvalue weighted by molar-refractivity contribution is 0.726. The van der Waals surface area contributed by atoms with E-state index >= 15 is 0 Å². The average Bonchev–Trinajstić information content (AvgIpc) is 3.72. The quantitative estimate of drug-likeness (QED) is 0.181. The van der Waals surface area contributed by atoms with E-state index in [9.17, 15) is 0 Å². The van der Waals surface area contributed by atoms with Gasteiger partial charge in [-0.25, -0.2) is 9.97 Å². The van der Waals surface area contributed by atoms with Gasteiger partial charge < -0.3 is 0 Å². The summed E-state index contributed by atoms with van der Waals surface area (Å²) in [5, 5.41) is 5.88. The van der Waals surface area contributed by atoms with Crippen LogP contribution in [0.5, 0.6) is 0 Å². The van der Waals surface area contributed by atoms with Crippen molar-refractivity contribution in [1.82, 2.24) is 14.5 Å². The number of aromatic nitrogens is 3. The molecule has 12 rings (SSSR count). The van der Waals surface area contributed by atoms with E-state index in [1.165, 1.54) is 64.7 Å². The molecule has 246 valence electrons. The van der Waals surface area contributed by atoms with Gasteiger partial charge in [0.25, 0.3) is 0 Å². The molecule has 0 N–H and O–H groups in total. The van der Waals surface area contributed by atoms with E-state index in [2.05, 4.69) is 180 Å². The Morgan fingerprint density at radius 2 is 1.13 bits per heavy atom. The minimum Gasteiger partial charge on any atom is -0.278 e. The zero-order valence-electron chi connectivity index (χ0n) is 28.5. The first-order valence-electron chi connectivity index (χ1n) is 18.1. The van der Waals surface area contributed by atoms with Crippen molar-refractivity contribution in [2.45, 2.75) is 15.2 Å². The third kappa shape index (κ3) is 3.85. The van der Waals surface area contributed by atoms with Gasteiger partial charge in [0.15, 0.2) is 0 Å². The molecule has 8 aromatic carbocycles. The van der Waals surface area contributed by atoms with Crippen molar-refractivity contribution in [3.05, 3.63) is 198 Å². The molecule has 2 aliphatic rings. The van der Waals surface area contributed by atoms with Crippen LogP contribution in [0.3, 0.4) is 0 Å². The van der Waals surface area contributed by atoms with Gasteiger partial charge in [0.2, 0.25) is 5.95 Å². The molecule has 10 aromatic rings. The van der Waals surface area contributed by atoms with Gasteiger partial charge in [-0.15, -0.1) is 0 Å². The third-order valence-electron chi connectivity index (χ3n) is 11.5. The Morgan fingerprint density at radius 1 is 0.472 bits per heavy atom. The lowest BCUT2D eigenvalue weighted by Gasteiger charge is -2.40. The average molecular weight is 692 g/mol. The van der Waals surface area contributed by atoms with Gasteiger partial charge in [-0.2, -0.15) is 0 Å². The van der Waals surface area contributed by atoms with E-state index in [1.807, 2.05) is 11.8 Å². The minimum atomic E-state index is -0.440. The lowest BCUT2D eigenvalue weighted by Crippen LogP contribution is -2.32. The maximum atomic E-state index is 5.44. The van der Waals surface area contributed by atoms with Crippen LogP contribution in [0.25, 0.3) is 71.8 Å². The molecule has 4 heteroatoms. The molecule has 0 amide bonds. The summed E-state index contributed by atoms with van der Waals surface area (Å²) in [6.07, 6.45) is 0. The molecule has 1 aliphatic heterocycles. The predicted octanol–water partition coefficient (Wildman–Crippen LogP) is 12.4. The maximum absolute atomic E-state index is 5.44. The fourth-order valence-electron chi connectivity index (χ4n) is 9.30. The number of rotatable bonds is 2. The Hall–Kier alpha value is -6.49. The van der Waals surface area contributed by atoms with E-state index in [1.54, 1.807) is 0 Å². The molecule has 0 saturated heterocycles. The standard InChI is InChI=1S/C49H29N3S/c1-2-14-31-29-32(26-25-30(31)13-1)46-35-17-5-10-22-41(35)50-48(51-46)52-42-23-11-6-18-36(42)45-43(52)28-27-40-47(45)53-44-24-12-9-21-39(44)49(40)37-19-7-3-15-33(37)34-16-4-8-20-38(34)49/h1-29H. The number of hydrogen-bond acceptors (Lipinski definition) is 3. The second kappa shape index (κ2) is 10.8. The molecule has 3 heterocycles. The molecular formula is C49H29N3S. The summed E-state index contributed by atoms with van der Waals surface area (Å²) in [7, 11) is 0. The topological polar surface area (TPSA) is 30.7 Å². The summed E-state index contributed by atoms with van der Waals surface area (Å²) in [6.45, 7) is 0. The van der Waals surface area contributed by atoms with Crippen LogP contribution < -0.4 is 0 Å². The zero-order valence-corrected chi connectivity index (χ0v) is 29.3. The number of para-hydroxylation sites is 2. The summed E-state index contributed by atoms with van der Waals surface area (Å²) in [6, 6.07) is 64.0. The van der Waals surface area contributed by atoms with Gasteiger partial charge in [-0.3, -0.25) is 4.57 Å². The summed E-state index contributed by atoms with van der Waals surface area (Å²) in [5.41, 5.74) is 12.7. The van der Waals surface area contributed by atoms with E-state index in [0.717, 1.165) is 33.2 Å². The normalized spacial score (nSPS) is 13.7. The van der Waals surface area contributed by atoms with Crippen LogP contribution in [0, 0.1) is 0 Å². The molecule has 1 aliphatic carbocycles. The van der Waals surface area contributed by atoms with Crippen molar-refractivity contribution in [1.29, 1.82) is 0 Å². The highest BCUT2D eigenvalue weighted by Gasteiger charge is 2.50. The van der Waals surface area contributed by atoms with E-state index in [0.29, 0.717) is 5.95 Å². The summed E-state index contributed by atoms with van der Waals surface area (Å²) < 4.78 is 2.28. The molecular weight excluding hydrogens is 663 g/mol. The highest BCUT2D eigenvalue weighted by atomic mass is 32.2. The fourth-order valence-corrected chi connectivity index (χ4v) is 10.6. The van der Waals surface area contributed by atoms with E-state index in [-0.39, 0.29) is 0 Å². The Morgan fingerprint density at radius 3 is 1.96 bits per heavy atom. The fraction of sp³-hybridized carbons (Fsp3) is 0.0204. The van der Waals surface area contributed by atoms with Gasteiger partial charge in [0.1, 0.15) is 0 Å². The summed E-state index contributed by atoms with van der Waals surface area (Å²) >= 11 is 1.90. The zero-order chi connectivity index (χ0) is 34.7. The summed E-state index contributed by atoms with van der Waals surface area (Å²) in [5.74, 6) is 0.672. The van der Waals surface area contributed by atoms with Crippen molar-refractivity contribution >= 4 is 55.2 Å². The van der Waals surface area contributed by atoms with Crippen LogP contribution in [0.4, 0.5) is 0 Å². The van der Waals surface area contributed by atoms with Crippen LogP contribution in [-0.4, -0.2) is 14.5 Å². The summed E-state index contributed by atoms with van der Waals surface area (Å²) in [4.78, 5) is 13.3. The molecule has 2 aromatic heterocycles. The van der Waals surface area contributed by atoms with Crippen LogP contribution >= 0.6 is 11.8 Å². The first kappa shape index (κ1) is 29.1. The third-order valence-corrected chi connectivity index (χ3v) is 12.7. The Bertz CT molecular complexity index is 3130. The highest BCUT2D eigenvalue weighted by molar-refractivity contribution is 7.99. The maximum Gasteiger partial charge on any atom is 0.235 e. The van der Waals surface area contributed by atoms with Crippen LogP contribution in [0.15, 0.2) is 186 Å². The SMILES string of the molecule is c1ccc2c(c1)Sc1c(ccc3c1c1ccccc1n3-c1nc(-c3ccc4ccccc4c3)c3ccccc3n1)C21c2ccccc2-c2ccccc21. The van der Waals surface area contributed by atoms with Crippen LogP contribution in [0.1, 0.15) is 22.3 Å². The van der Waals surface area contributed by atoms with Crippen LogP contribution in [0.2, 0.25) is 0 Å². The van der Waals surface area contributed by atoms with Crippen molar-refractivity contribution in [2.75, 3.05) is 0 Å². The Balaban J connectivity index is 1.18. The van der Waals surface area contributed by atoms with Gasteiger partial charge in [-0.05, 0) is 74.5 Å². The first-order chi connectivity index (χ1) is 26.3. The first-order valence-corrected chi connectivity index (χ1v) is 18.9. The molecule has 53 heavy (non-hydrogen) atoms. The molecule has 0 saturated carbocycles. The van der Waals surface area contributed by atoms with Gasteiger partial charge in [0.05, 0.1) is 27.7 Å². The predicted molar refractivity (Wildman–Crippen MR) is 218 cm³/mol. The molecule has 0 radical (unpaired) electrons. The molecule has 0 atom stereocenters. The number of benzene rings is 8. The number of fused-ring (bicyclic) bond motifs is 15. The molecule has 0 fully saturated rings. The molecule has 0 unspecified atom stereocenters. The van der Waals surface area contributed by atoms with Crippen molar-refractivity contribution in [3.8, 4) is 28.3 Å². The highest BCUT2D eigenvalue weighted by Crippen LogP contribution is 2.63. The van der Waals surface area contributed by atoms with Gasteiger partial charge in [-0.1, -0.05) is 157 Å². The Kier molecular flexibility index (Phi) is 5.92. The number of hydrogen-bond donors (Lipinski definition) is 0. The molecule has 3 nitrogen and oxygen atoms in total. The monoisotopic (exact) mass is 691 g/mol. The molecule has 0 bridgehead atoms. The smallest absolute Gasteiger partial charge is 0.235 e. The minimum absolute atomic E-state index is 0.440. The van der Waals surface area contributed by atoms with Gasteiger partial charge in [0, 0.05) is 31.5 Å². The van der Waals surface area contributed by atoms with Crippen molar-refractivity contribution in [3.63, 3.8) is 0 Å². The second-order valence-electron chi connectivity index (χ2n) is 14.1. The lowest BCUT2D eigenvalue weighted by atomic mass is 9.67. The van der Waals surface area contributed by atoms with E-state index < -0.39 is 5.41 Å². The Labute approximate surface area is 310 Å². The van der Waals surface area contributed by atoms with E-state index in [4.69, 9.17) is 9.97 Å². The second-order valence-corrected chi connectivity index (χ2v) is 15.1. The number of nitrogens with zero attached hydrogens (tertiary/aromatic N) is 3. The molecule has 1 spiro atoms. The van der Waals surface area contributed by atoms with Gasteiger partial charge >= 0.3 is 0 Å². The van der Waals surface area contributed by atoms with Crippen molar-refractivity contribution < 1.29 is 0 Å². The van der Waals surface area contributed by atoms with Crippen LogP contribution in [-0.2, 0) is 5.41 Å². The largest absolute Gasteiger partial charge is 0.278 e. The van der Waals surface area contributed by atoms with Crippen molar-refractivity contribution in [2.24, 2.45) is 0 Å².